The van der Waals surface area contributed by atoms with Crippen molar-refractivity contribution in [1.82, 2.24) is 4.23 Å². The van der Waals surface area contributed by atoms with Crippen LogP contribution in [0.5, 0.6) is 0 Å². The maximum absolute atomic E-state index is 6.21. The van der Waals surface area contributed by atoms with Crippen molar-refractivity contribution in [3.63, 3.8) is 0 Å². The minimum absolute atomic E-state index is 1.41. The van der Waals surface area contributed by atoms with Crippen LogP contribution in [-0.4, -0.2) is 21.0 Å². The van der Waals surface area contributed by atoms with Gasteiger partial charge in [-0.05, 0) is 57.3 Å². The summed E-state index contributed by atoms with van der Waals surface area (Å²) >= 11 is 0. The van der Waals surface area contributed by atoms with Gasteiger partial charge in [0.15, 0.2) is 8.32 Å². The van der Waals surface area contributed by atoms with Gasteiger partial charge in [-0.1, -0.05) is 0 Å². The third-order valence-corrected chi connectivity index (χ3v) is 7.77. The van der Waals surface area contributed by atoms with Crippen LogP contribution < -0.4 is 0 Å². The summed E-state index contributed by atoms with van der Waals surface area (Å²) in [7, 11) is -3.09. The molecule has 4 heteroatoms. The molecule has 0 spiro atoms. The van der Waals surface area contributed by atoms with Crippen molar-refractivity contribution in [2.75, 3.05) is 0 Å². The first kappa shape index (κ1) is 10.8. The van der Waals surface area contributed by atoms with E-state index in [-0.39, 0.29) is 0 Å². The molecule has 13 heavy (non-hydrogen) atoms. The smallest absolute Gasteiger partial charge is 0.287 e. The third-order valence-electron chi connectivity index (χ3n) is 1.78. The molecule has 1 aromatic heterocycles. The van der Waals surface area contributed by atoms with Gasteiger partial charge in [-0.25, -0.2) is 0 Å². The van der Waals surface area contributed by atoms with Crippen LogP contribution in [0.4, 0.5) is 0 Å². The van der Waals surface area contributed by atoms with Gasteiger partial charge in [-0.3, -0.25) is 0 Å². The van der Waals surface area contributed by atoms with Gasteiger partial charge in [0.25, 0.3) is 8.48 Å². The van der Waals surface area contributed by atoms with E-state index in [0.29, 0.717) is 0 Å². The average molecular weight is 213 g/mol. The highest BCUT2D eigenvalue weighted by Crippen LogP contribution is 2.15. The molecule has 1 heterocycles. The number of hydrogen-bond acceptors (Lipinski definition) is 1. The van der Waals surface area contributed by atoms with Crippen molar-refractivity contribution in [3.8, 4) is 0 Å². The van der Waals surface area contributed by atoms with Gasteiger partial charge >= 0.3 is 0 Å². The Morgan fingerprint density at radius 3 is 1.77 bits per heavy atom. The number of hydrogen-bond donors (Lipinski definition) is 0. The van der Waals surface area contributed by atoms with Gasteiger partial charge in [0.1, 0.15) is 0 Å². The summed E-state index contributed by atoms with van der Waals surface area (Å²) in [4.78, 5) is 0. The largest absolute Gasteiger partial charge is 0.441 e. The van der Waals surface area contributed by atoms with Crippen LogP contribution in [0.3, 0.4) is 0 Å². The van der Waals surface area contributed by atoms with Crippen LogP contribution in [-0.2, 0) is 4.12 Å². The molecule has 0 aliphatic heterocycles. The highest BCUT2D eigenvalue weighted by Gasteiger charge is 2.31. The van der Waals surface area contributed by atoms with Gasteiger partial charge in [0.2, 0.25) is 0 Å². The molecule has 0 aromatic carbocycles. The molecule has 1 aromatic rings. The summed E-state index contributed by atoms with van der Waals surface area (Å²) in [6.45, 7) is 11.2. The lowest BCUT2D eigenvalue weighted by atomic mass is 10.7. The lowest BCUT2D eigenvalue weighted by molar-refractivity contribution is 0.534. The third kappa shape index (κ3) is 3.13. The summed E-state index contributed by atoms with van der Waals surface area (Å²) in [5.74, 6) is 0. The Morgan fingerprint density at radius 1 is 0.923 bits per heavy atom. The predicted octanol–water partition coefficient (Wildman–Crippen LogP) is 2.89. The van der Waals surface area contributed by atoms with Crippen LogP contribution >= 0.6 is 0 Å². The fourth-order valence-corrected chi connectivity index (χ4v) is 8.80. The first-order valence-corrected chi connectivity index (χ1v) is 10.9. The molecule has 0 amide bonds. The van der Waals surface area contributed by atoms with Crippen molar-refractivity contribution < 1.29 is 4.12 Å². The van der Waals surface area contributed by atoms with Gasteiger partial charge in [-0.15, -0.1) is 0 Å². The van der Waals surface area contributed by atoms with Crippen LogP contribution in [0.25, 0.3) is 0 Å². The zero-order valence-electron chi connectivity index (χ0n) is 9.16. The maximum Gasteiger partial charge on any atom is 0.287 e. The molecular formula is C9H19NOSi2. The number of nitrogens with zero attached hydrogens (tertiary/aromatic N) is 1. The molecule has 0 radical (unpaired) electrons. The zero-order valence-corrected chi connectivity index (χ0v) is 11.2. The molecule has 0 aliphatic rings. The summed E-state index contributed by atoms with van der Waals surface area (Å²) in [6, 6.07) is 4.12. The minimum Gasteiger partial charge on any atom is -0.441 e. The van der Waals surface area contributed by atoms with E-state index in [9.17, 15) is 0 Å². The second-order valence-corrected chi connectivity index (χ2v) is 13.2. The molecule has 2 nitrogen and oxygen atoms in total. The maximum atomic E-state index is 6.21. The molecule has 0 N–H and O–H groups in total. The second-order valence-electron chi connectivity index (χ2n) is 4.75. The van der Waals surface area contributed by atoms with E-state index in [0.717, 1.165) is 0 Å². The fraction of sp³-hybridized carbons (Fsp3) is 0.556. The van der Waals surface area contributed by atoms with Crippen molar-refractivity contribution in [3.05, 3.63) is 24.5 Å². The summed E-state index contributed by atoms with van der Waals surface area (Å²) in [5, 5.41) is 0. The van der Waals surface area contributed by atoms with E-state index >= 15 is 0 Å². The Kier molecular flexibility index (Phi) is 2.84. The van der Waals surface area contributed by atoms with Crippen LogP contribution in [0.2, 0.25) is 32.7 Å². The Hall–Kier alpha value is -0.326. The van der Waals surface area contributed by atoms with Gasteiger partial charge in [0, 0.05) is 0 Å². The molecule has 0 saturated heterocycles. The van der Waals surface area contributed by atoms with Crippen molar-refractivity contribution in [2.45, 2.75) is 32.7 Å². The van der Waals surface area contributed by atoms with Crippen molar-refractivity contribution in [1.29, 1.82) is 0 Å². The topological polar surface area (TPSA) is 14.2 Å². The molecule has 1 rings (SSSR count). The van der Waals surface area contributed by atoms with Gasteiger partial charge < -0.3 is 8.35 Å². The average Bonchev–Trinajstić information content (AvgIpc) is 2.29. The van der Waals surface area contributed by atoms with Crippen LogP contribution in [0, 0.1) is 0 Å². The molecule has 0 unspecified atom stereocenters. The molecule has 0 aliphatic carbocycles. The van der Waals surface area contributed by atoms with E-state index in [1.807, 2.05) is 0 Å². The normalized spacial score (nSPS) is 13.3. The standard InChI is InChI=1S/C9H19NOSi2/c1-12(2,3)11-13(4,5)10-8-6-7-9-10/h6-9H,1-5H3. The SMILES string of the molecule is C[Si](C)(C)O[Si](C)(C)n1cccc1. The van der Waals surface area contributed by atoms with Crippen LogP contribution in [0.15, 0.2) is 24.5 Å². The molecular weight excluding hydrogens is 194 g/mol. The lowest BCUT2D eigenvalue weighted by Gasteiger charge is -2.32. The monoisotopic (exact) mass is 213 g/mol. The number of aromatic nitrogens is 1. The van der Waals surface area contributed by atoms with Gasteiger partial charge in [-0.2, -0.15) is 0 Å². The Morgan fingerprint density at radius 2 is 1.38 bits per heavy atom. The van der Waals surface area contributed by atoms with Crippen molar-refractivity contribution in [2.24, 2.45) is 0 Å². The molecule has 0 atom stereocenters. The van der Waals surface area contributed by atoms with E-state index in [4.69, 9.17) is 4.12 Å². The molecule has 74 valence electrons. The predicted molar refractivity (Wildman–Crippen MR) is 61.7 cm³/mol. The molecule has 0 saturated carbocycles. The quantitative estimate of drug-likeness (QED) is 0.704. The summed E-state index contributed by atoms with van der Waals surface area (Å²) in [6.07, 6.45) is 4.21. The van der Waals surface area contributed by atoms with Crippen molar-refractivity contribution >= 4 is 16.8 Å². The molecule has 0 bridgehead atoms. The minimum atomic E-state index is -1.68. The first-order valence-electron chi connectivity index (χ1n) is 4.65. The summed E-state index contributed by atoms with van der Waals surface area (Å²) < 4.78 is 8.45. The first-order chi connectivity index (χ1) is 5.81. The Labute approximate surface area is 82.9 Å². The van der Waals surface area contributed by atoms with Gasteiger partial charge in [0.05, 0.1) is 0 Å². The van der Waals surface area contributed by atoms with E-state index in [1.165, 1.54) is 0 Å². The highest BCUT2D eigenvalue weighted by molar-refractivity contribution is 6.83. The van der Waals surface area contributed by atoms with E-state index in [1.54, 1.807) is 0 Å². The second kappa shape index (κ2) is 3.44. The number of rotatable bonds is 3. The van der Waals surface area contributed by atoms with Crippen LogP contribution in [0.1, 0.15) is 0 Å². The fourth-order valence-electron chi connectivity index (χ4n) is 1.50. The Bertz CT molecular complexity index is 262. The highest BCUT2D eigenvalue weighted by atomic mass is 28.4. The van der Waals surface area contributed by atoms with E-state index < -0.39 is 16.8 Å². The zero-order chi connectivity index (χ0) is 10.1. The van der Waals surface area contributed by atoms with E-state index in [2.05, 4.69) is 61.5 Å². The lowest BCUT2D eigenvalue weighted by Crippen LogP contribution is -2.47. The Balaban J connectivity index is 2.78. The molecule has 0 fully saturated rings. The summed E-state index contributed by atoms with van der Waals surface area (Å²) in [5.41, 5.74) is 0.